The predicted molar refractivity (Wildman–Crippen MR) is 108 cm³/mol. The fourth-order valence-electron chi connectivity index (χ4n) is 5.30. The molecule has 1 amide bonds. The summed E-state index contributed by atoms with van der Waals surface area (Å²) in [5, 5.41) is 0. The van der Waals surface area contributed by atoms with Gasteiger partial charge in [-0.1, -0.05) is 18.6 Å². The van der Waals surface area contributed by atoms with E-state index in [4.69, 9.17) is 9.47 Å². The Balaban J connectivity index is 1.12. The predicted octanol–water partition coefficient (Wildman–Crippen LogP) is 3.33. The second kappa shape index (κ2) is 7.58. The van der Waals surface area contributed by atoms with E-state index in [-0.39, 0.29) is 5.91 Å². The van der Waals surface area contributed by atoms with Gasteiger partial charge in [-0.05, 0) is 75.1 Å². The number of benzene rings is 1. The van der Waals surface area contributed by atoms with E-state index in [1.54, 1.807) is 0 Å². The van der Waals surface area contributed by atoms with Crippen LogP contribution in [0.15, 0.2) is 24.3 Å². The van der Waals surface area contributed by atoms with Gasteiger partial charge in [-0.2, -0.15) is 0 Å². The molecule has 2 saturated heterocycles. The molecule has 3 fully saturated rings. The summed E-state index contributed by atoms with van der Waals surface area (Å²) in [6.07, 6.45) is 8.70. The molecule has 1 atom stereocenters. The van der Waals surface area contributed by atoms with Crippen molar-refractivity contribution in [2.24, 2.45) is 11.3 Å². The topological polar surface area (TPSA) is 42.0 Å². The second-order valence-electron chi connectivity index (χ2n) is 9.29. The summed E-state index contributed by atoms with van der Waals surface area (Å²) < 4.78 is 11.7. The van der Waals surface area contributed by atoms with E-state index in [1.165, 1.54) is 51.7 Å². The van der Waals surface area contributed by atoms with Gasteiger partial charge in [-0.3, -0.25) is 4.79 Å². The minimum atomic E-state index is -0.506. The van der Waals surface area contributed by atoms with Crippen molar-refractivity contribution in [3.05, 3.63) is 24.3 Å². The number of rotatable bonds is 3. The Kier molecular flexibility index (Phi) is 4.95. The van der Waals surface area contributed by atoms with Crippen LogP contribution in [-0.2, 0) is 4.79 Å². The first-order chi connectivity index (χ1) is 13.7. The molecule has 0 bridgehead atoms. The number of carbonyl (C=O) groups is 1. The summed E-state index contributed by atoms with van der Waals surface area (Å²) in [5.74, 6) is 2.47. The van der Waals surface area contributed by atoms with Gasteiger partial charge in [0.15, 0.2) is 11.5 Å². The lowest BCUT2D eigenvalue weighted by molar-refractivity contribution is -0.144. The van der Waals surface area contributed by atoms with Crippen molar-refractivity contribution in [1.82, 2.24) is 9.80 Å². The number of fused-ring (bicyclic) bond motifs is 1. The molecule has 0 radical (unpaired) electrons. The lowest BCUT2D eigenvalue weighted by atomic mass is 9.71. The summed E-state index contributed by atoms with van der Waals surface area (Å²) in [6, 6.07) is 7.60. The molecule has 5 heteroatoms. The molecule has 1 aromatic carbocycles. The van der Waals surface area contributed by atoms with Crippen LogP contribution >= 0.6 is 0 Å². The van der Waals surface area contributed by atoms with Crippen molar-refractivity contribution >= 4 is 5.91 Å². The average molecular weight is 385 g/mol. The highest BCUT2D eigenvalue weighted by atomic mass is 16.6. The first-order valence-electron chi connectivity index (χ1n) is 11.1. The van der Waals surface area contributed by atoms with Crippen LogP contribution in [0.25, 0.3) is 0 Å². The van der Waals surface area contributed by atoms with Crippen LogP contribution < -0.4 is 9.47 Å². The number of para-hydroxylation sites is 2. The number of likely N-dealkylation sites (tertiary alicyclic amines) is 2. The molecule has 5 rings (SSSR count). The van der Waals surface area contributed by atoms with Gasteiger partial charge < -0.3 is 19.3 Å². The van der Waals surface area contributed by atoms with Crippen molar-refractivity contribution in [3.8, 4) is 11.5 Å². The van der Waals surface area contributed by atoms with Gasteiger partial charge in [-0.15, -0.1) is 0 Å². The van der Waals surface area contributed by atoms with Crippen LogP contribution in [0.2, 0.25) is 0 Å². The smallest absolute Gasteiger partial charge is 0.267 e. The highest BCUT2D eigenvalue weighted by molar-refractivity contribution is 5.82. The first kappa shape index (κ1) is 18.3. The van der Waals surface area contributed by atoms with Gasteiger partial charge in [0.25, 0.3) is 5.91 Å². The van der Waals surface area contributed by atoms with Gasteiger partial charge in [-0.25, -0.2) is 0 Å². The van der Waals surface area contributed by atoms with E-state index >= 15 is 0 Å². The minimum absolute atomic E-state index is 0.0896. The Morgan fingerprint density at radius 3 is 2.36 bits per heavy atom. The quantitative estimate of drug-likeness (QED) is 0.802. The molecule has 1 unspecified atom stereocenters. The molecule has 5 nitrogen and oxygen atoms in total. The van der Waals surface area contributed by atoms with Crippen molar-refractivity contribution < 1.29 is 14.3 Å². The average Bonchev–Trinajstić information content (AvgIpc) is 2.72. The number of piperidine rings is 2. The highest BCUT2D eigenvalue weighted by Gasteiger charge is 2.41. The van der Waals surface area contributed by atoms with Crippen LogP contribution in [-0.4, -0.2) is 61.1 Å². The molecule has 0 aromatic heterocycles. The lowest BCUT2D eigenvalue weighted by Gasteiger charge is -2.48. The third kappa shape index (κ3) is 3.61. The SMILES string of the molecule is O=C(C1COc2ccccc2O1)N1CCC2(CCN(CC3CCC3)CC2)CC1. The van der Waals surface area contributed by atoms with E-state index < -0.39 is 6.10 Å². The van der Waals surface area contributed by atoms with Crippen LogP contribution in [0.5, 0.6) is 11.5 Å². The molecular weight excluding hydrogens is 352 g/mol. The maximum atomic E-state index is 13.0. The van der Waals surface area contributed by atoms with Crippen LogP contribution in [0.3, 0.4) is 0 Å². The molecule has 4 aliphatic rings. The van der Waals surface area contributed by atoms with Gasteiger partial charge in [0, 0.05) is 19.6 Å². The van der Waals surface area contributed by atoms with Gasteiger partial charge in [0.05, 0.1) is 0 Å². The Morgan fingerprint density at radius 2 is 1.68 bits per heavy atom. The normalized spacial score (nSPS) is 27.4. The van der Waals surface area contributed by atoms with Crippen molar-refractivity contribution in [2.45, 2.75) is 51.0 Å². The fourth-order valence-corrected chi connectivity index (χ4v) is 5.30. The van der Waals surface area contributed by atoms with Crippen LogP contribution in [0.4, 0.5) is 0 Å². The molecule has 1 aliphatic carbocycles. The fraction of sp³-hybridized carbons (Fsp3) is 0.696. The van der Waals surface area contributed by atoms with E-state index in [1.807, 2.05) is 29.2 Å². The molecule has 1 spiro atoms. The van der Waals surface area contributed by atoms with E-state index in [2.05, 4.69) is 4.90 Å². The summed E-state index contributed by atoms with van der Waals surface area (Å²) in [4.78, 5) is 17.7. The monoisotopic (exact) mass is 384 g/mol. The highest BCUT2D eigenvalue weighted by Crippen LogP contribution is 2.42. The summed E-state index contributed by atoms with van der Waals surface area (Å²) in [6.45, 7) is 5.86. The number of carbonyl (C=O) groups excluding carboxylic acids is 1. The Bertz CT molecular complexity index is 700. The number of hydrogen-bond acceptors (Lipinski definition) is 4. The molecule has 1 aromatic rings. The maximum absolute atomic E-state index is 13.0. The molecular formula is C23H32N2O3. The van der Waals surface area contributed by atoms with E-state index in [0.29, 0.717) is 17.8 Å². The van der Waals surface area contributed by atoms with Crippen molar-refractivity contribution in [3.63, 3.8) is 0 Å². The second-order valence-corrected chi connectivity index (χ2v) is 9.29. The molecule has 3 aliphatic heterocycles. The van der Waals surface area contributed by atoms with Crippen LogP contribution in [0, 0.1) is 11.3 Å². The standard InChI is InChI=1S/C23H32N2O3/c26-22(21-17-27-19-6-1-2-7-20(19)28-21)25-14-10-23(11-15-25)8-12-24(13-9-23)16-18-4-3-5-18/h1-2,6-7,18,21H,3-5,8-17H2. The molecule has 0 N–H and O–H groups in total. The zero-order chi connectivity index (χ0) is 19.0. The zero-order valence-electron chi connectivity index (χ0n) is 16.8. The Labute approximate surface area is 168 Å². The molecule has 1 saturated carbocycles. The molecule has 152 valence electrons. The first-order valence-corrected chi connectivity index (χ1v) is 11.1. The number of nitrogens with zero attached hydrogens (tertiary/aromatic N) is 2. The number of ether oxygens (including phenoxy) is 2. The molecule has 3 heterocycles. The third-order valence-corrected chi connectivity index (χ3v) is 7.58. The Morgan fingerprint density at radius 1 is 1.00 bits per heavy atom. The molecule has 28 heavy (non-hydrogen) atoms. The minimum Gasteiger partial charge on any atom is -0.485 e. The summed E-state index contributed by atoms with van der Waals surface area (Å²) in [5.41, 5.74) is 0.462. The van der Waals surface area contributed by atoms with E-state index in [9.17, 15) is 4.79 Å². The van der Waals surface area contributed by atoms with Gasteiger partial charge in [0.2, 0.25) is 6.10 Å². The van der Waals surface area contributed by atoms with Crippen molar-refractivity contribution in [1.29, 1.82) is 0 Å². The summed E-state index contributed by atoms with van der Waals surface area (Å²) in [7, 11) is 0. The largest absolute Gasteiger partial charge is 0.485 e. The maximum Gasteiger partial charge on any atom is 0.267 e. The zero-order valence-corrected chi connectivity index (χ0v) is 16.8. The van der Waals surface area contributed by atoms with Gasteiger partial charge >= 0.3 is 0 Å². The van der Waals surface area contributed by atoms with Gasteiger partial charge in [0.1, 0.15) is 6.61 Å². The van der Waals surface area contributed by atoms with E-state index in [0.717, 1.165) is 37.6 Å². The summed E-state index contributed by atoms with van der Waals surface area (Å²) >= 11 is 0. The number of amides is 1. The van der Waals surface area contributed by atoms with Crippen molar-refractivity contribution in [2.75, 3.05) is 39.3 Å². The third-order valence-electron chi connectivity index (χ3n) is 7.58. The van der Waals surface area contributed by atoms with Crippen LogP contribution in [0.1, 0.15) is 44.9 Å². The Hall–Kier alpha value is -1.75. The lowest BCUT2D eigenvalue weighted by Crippen LogP contribution is -2.53. The number of hydrogen-bond donors (Lipinski definition) is 0.